The molecule has 0 aromatic heterocycles. The van der Waals surface area contributed by atoms with Crippen LogP contribution >= 0.6 is 0 Å². The topological polar surface area (TPSA) is 38.0 Å². The Labute approximate surface area is 107 Å². The Morgan fingerprint density at radius 1 is 1.00 bits per heavy atom. The van der Waals surface area contributed by atoms with Crippen LogP contribution in [0.3, 0.4) is 0 Å². The standard InChI is InChI=1S/C13H12F4N2/c1-19-13(17)5-3-9(11(15)7-13)8-2-4-12(16,18)6-10(8)14/h2-7,19H,18H2,1H3. The van der Waals surface area contributed by atoms with Crippen LogP contribution in [0.4, 0.5) is 17.6 Å². The molecule has 2 aliphatic carbocycles. The van der Waals surface area contributed by atoms with E-state index in [0.717, 1.165) is 24.3 Å². The Morgan fingerprint density at radius 3 is 2.00 bits per heavy atom. The molecule has 0 aromatic carbocycles. The molecule has 0 saturated heterocycles. The van der Waals surface area contributed by atoms with Gasteiger partial charge in [-0.15, -0.1) is 0 Å². The summed E-state index contributed by atoms with van der Waals surface area (Å²) in [6.07, 6.45) is 5.28. The van der Waals surface area contributed by atoms with Crippen LogP contribution in [0.5, 0.6) is 0 Å². The molecule has 0 bridgehead atoms. The van der Waals surface area contributed by atoms with Crippen LogP contribution in [0.1, 0.15) is 0 Å². The van der Waals surface area contributed by atoms with E-state index in [1.807, 2.05) is 0 Å². The summed E-state index contributed by atoms with van der Waals surface area (Å²) in [5.74, 6) is -6.45. The van der Waals surface area contributed by atoms with E-state index < -0.39 is 23.2 Å². The van der Waals surface area contributed by atoms with Crippen LogP contribution in [0, 0.1) is 0 Å². The second kappa shape index (κ2) is 4.47. The van der Waals surface area contributed by atoms with Gasteiger partial charge in [-0.05, 0) is 19.2 Å². The van der Waals surface area contributed by atoms with Gasteiger partial charge in [-0.3, -0.25) is 11.1 Å². The van der Waals surface area contributed by atoms with Crippen molar-refractivity contribution in [3.05, 3.63) is 59.3 Å². The Morgan fingerprint density at radius 2 is 1.53 bits per heavy atom. The molecular weight excluding hydrogens is 260 g/mol. The quantitative estimate of drug-likeness (QED) is 0.569. The Balaban J connectivity index is 2.45. The predicted molar refractivity (Wildman–Crippen MR) is 64.6 cm³/mol. The first kappa shape index (κ1) is 13.8. The van der Waals surface area contributed by atoms with Gasteiger partial charge >= 0.3 is 0 Å². The van der Waals surface area contributed by atoms with Gasteiger partial charge in [0.25, 0.3) is 0 Å². The number of nitrogens with one attached hydrogen (secondary N) is 1. The lowest BCUT2D eigenvalue weighted by molar-refractivity contribution is 0.249. The summed E-state index contributed by atoms with van der Waals surface area (Å²) in [6.45, 7) is 0. The van der Waals surface area contributed by atoms with Crippen molar-refractivity contribution in [2.24, 2.45) is 5.73 Å². The maximum atomic E-state index is 13.8. The number of allylic oxidation sites excluding steroid dienone is 6. The molecule has 102 valence electrons. The molecule has 0 amide bonds. The fourth-order valence-corrected chi connectivity index (χ4v) is 1.80. The Hall–Kier alpha value is -1.66. The minimum Gasteiger partial charge on any atom is -0.292 e. The number of alkyl halides is 2. The van der Waals surface area contributed by atoms with E-state index >= 15 is 0 Å². The van der Waals surface area contributed by atoms with Gasteiger partial charge < -0.3 is 0 Å². The first-order valence-corrected chi connectivity index (χ1v) is 5.52. The molecule has 2 aliphatic rings. The third-order valence-corrected chi connectivity index (χ3v) is 2.87. The highest BCUT2D eigenvalue weighted by molar-refractivity contribution is 5.57. The number of rotatable bonds is 1. The molecule has 2 rings (SSSR count). The molecule has 2 nitrogen and oxygen atoms in total. The fraction of sp³-hybridized carbons (Fsp3) is 0.231. The maximum absolute atomic E-state index is 13.8. The largest absolute Gasteiger partial charge is 0.292 e. The lowest BCUT2D eigenvalue weighted by Gasteiger charge is -2.23. The van der Waals surface area contributed by atoms with Crippen molar-refractivity contribution < 1.29 is 17.6 Å². The summed E-state index contributed by atoms with van der Waals surface area (Å²) in [4.78, 5) is 0. The van der Waals surface area contributed by atoms with Crippen molar-refractivity contribution in [3.8, 4) is 0 Å². The number of hydrogen-bond acceptors (Lipinski definition) is 2. The van der Waals surface area contributed by atoms with Gasteiger partial charge in [-0.25, -0.2) is 17.6 Å². The van der Waals surface area contributed by atoms with Gasteiger partial charge in [0.15, 0.2) is 5.79 Å². The highest BCUT2D eigenvalue weighted by Crippen LogP contribution is 2.34. The normalized spacial score (nSPS) is 38.2. The third-order valence-electron chi connectivity index (χ3n) is 2.87. The summed E-state index contributed by atoms with van der Waals surface area (Å²) < 4.78 is 54.5. The molecule has 0 fully saturated rings. The van der Waals surface area contributed by atoms with Crippen molar-refractivity contribution in [2.75, 3.05) is 7.05 Å². The van der Waals surface area contributed by atoms with Crippen molar-refractivity contribution in [1.29, 1.82) is 0 Å². The van der Waals surface area contributed by atoms with Gasteiger partial charge in [0.1, 0.15) is 11.7 Å². The zero-order valence-corrected chi connectivity index (χ0v) is 10.1. The molecule has 6 heteroatoms. The summed E-state index contributed by atoms with van der Waals surface area (Å²) in [7, 11) is 1.32. The van der Waals surface area contributed by atoms with Crippen LogP contribution in [0.2, 0.25) is 0 Å². The molecule has 0 radical (unpaired) electrons. The smallest absolute Gasteiger partial charge is 0.202 e. The summed E-state index contributed by atoms with van der Waals surface area (Å²) in [5.41, 5.74) is 4.73. The first-order chi connectivity index (χ1) is 8.76. The minimum absolute atomic E-state index is 0.163. The molecule has 2 atom stereocenters. The van der Waals surface area contributed by atoms with Gasteiger partial charge in [0, 0.05) is 23.3 Å². The lowest BCUT2D eigenvalue weighted by Crippen LogP contribution is -2.35. The van der Waals surface area contributed by atoms with Gasteiger partial charge in [0.2, 0.25) is 5.79 Å². The van der Waals surface area contributed by atoms with Gasteiger partial charge in [0.05, 0.1) is 0 Å². The van der Waals surface area contributed by atoms with Crippen molar-refractivity contribution in [3.63, 3.8) is 0 Å². The monoisotopic (exact) mass is 272 g/mol. The van der Waals surface area contributed by atoms with Gasteiger partial charge in [-0.1, -0.05) is 12.2 Å². The first-order valence-electron chi connectivity index (χ1n) is 5.52. The summed E-state index contributed by atoms with van der Waals surface area (Å²) >= 11 is 0. The van der Waals surface area contributed by atoms with E-state index in [1.165, 1.54) is 7.05 Å². The average Bonchev–Trinajstić information content (AvgIpc) is 2.30. The molecule has 0 heterocycles. The van der Waals surface area contributed by atoms with Crippen molar-refractivity contribution in [2.45, 2.75) is 11.6 Å². The van der Waals surface area contributed by atoms with E-state index in [4.69, 9.17) is 5.73 Å². The van der Waals surface area contributed by atoms with E-state index in [-0.39, 0.29) is 11.1 Å². The average molecular weight is 272 g/mol. The zero-order valence-electron chi connectivity index (χ0n) is 10.1. The van der Waals surface area contributed by atoms with E-state index in [2.05, 4.69) is 5.32 Å². The summed E-state index contributed by atoms with van der Waals surface area (Å²) in [6, 6.07) is 0. The Bertz CT molecular complexity index is 555. The van der Waals surface area contributed by atoms with Crippen LogP contribution in [0.25, 0.3) is 0 Å². The minimum atomic E-state index is -2.40. The predicted octanol–water partition coefficient (Wildman–Crippen LogP) is 2.64. The van der Waals surface area contributed by atoms with E-state index in [0.29, 0.717) is 12.2 Å². The van der Waals surface area contributed by atoms with E-state index in [1.54, 1.807) is 0 Å². The lowest BCUT2D eigenvalue weighted by atomic mass is 9.94. The van der Waals surface area contributed by atoms with Crippen LogP contribution < -0.4 is 11.1 Å². The number of halogens is 4. The molecule has 0 spiro atoms. The molecule has 19 heavy (non-hydrogen) atoms. The maximum Gasteiger partial charge on any atom is 0.202 e. The van der Waals surface area contributed by atoms with Crippen LogP contribution in [-0.2, 0) is 0 Å². The number of hydrogen-bond donors (Lipinski definition) is 2. The molecule has 0 aliphatic heterocycles. The Kier molecular flexibility index (Phi) is 3.24. The molecular formula is C13H12F4N2. The van der Waals surface area contributed by atoms with Gasteiger partial charge in [-0.2, -0.15) is 0 Å². The molecule has 0 aromatic rings. The molecule has 2 unspecified atom stereocenters. The second-order valence-electron chi connectivity index (χ2n) is 4.32. The SMILES string of the molecule is CNC1(F)C=CC(=C2C=CC(N)(F)C=C2F)C(F)=C1. The van der Waals surface area contributed by atoms with Crippen molar-refractivity contribution >= 4 is 0 Å². The molecule has 3 N–H and O–H groups in total. The van der Waals surface area contributed by atoms with Crippen molar-refractivity contribution in [1.82, 2.24) is 5.32 Å². The zero-order chi connectivity index (χ0) is 14.3. The third kappa shape index (κ3) is 2.69. The van der Waals surface area contributed by atoms with Crippen LogP contribution in [-0.4, -0.2) is 18.6 Å². The second-order valence-corrected chi connectivity index (χ2v) is 4.32. The molecule has 0 saturated carbocycles. The number of nitrogens with two attached hydrogens (primary N) is 1. The highest BCUT2D eigenvalue weighted by Gasteiger charge is 2.30. The number of likely N-dealkylation sites (N-methyl/N-ethyl adjacent to an activating group) is 1. The van der Waals surface area contributed by atoms with Crippen LogP contribution in [0.15, 0.2) is 59.3 Å². The van der Waals surface area contributed by atoms with E-state index in [9.17, 15) is 17.6 Å². The summed E-state index contributed by atoms with van der Waals surface area (Å²) in [5, 5.41) is 2.26. The fourth-order valence-electron chi connectivity index (χ4n) is 1.80. The highest BCUT2D eigenvalue weighted by atomic mass is 19.2.